The van der Waals surface area contributed by atoms with Gasteiger partial charge in [0.15, 0.2) is 5.78 Å². The summed E-state index contributed by atoms with van der Waals surface area (Å²) in [7, 11) is 0. The number of Topliss-reactive ketones (excluding diaryl/α,β-unsaturated/α-hetero) is 1. The van der Waals surface area contributed by atoms with E-state index in [9.17, 15) is 4.79 Å². The molecule has 0 bridgehead atoms. The summed E-state index contributed by atoms with van der Waals surface area (Å²) in [5.74, 6) is 0.214. The molecule has 1 aromatic carbocycles. The molecule has 0 atom stereocenters. The van der Waals surface area contributed by atoms with E-state index in [2.05, 4.69) is 6.92 Å². The van der Waals surface area contributed by atoms with Crippen molar-refractivity contribution in [2.24, 2.45) is 0 Å². The molecular weight excluding hydrogens is 160 g/mol. The van der Waals surface area contributed by atoms with Crippen LogP contribution in [0.3, 0.4) is 0 Å². The van der Waals surface area contributed by atoms with Crippen LogP contribution < -0.4 is 0 Å². The van der Waals surface area contributed by atoms with Crippen LogP contribution in [0.5, 0.6) is 0 Å². The lowest BCUT2D eigenvalue weighted by atomic mass is 9.97. The van der Waals surface area contributed by atoms with E-state index in [-0.39, 0.29) is 5.78 Å². The van der Waals surface area contributed by atoms with Gasteiger partial charge in [-0.2, -0.15) is 0 Å². The Labute approximate surface area is 79.8 Å². The summed E-state index contributed by atoms with van der Waals surface area (Å²) < 4.78 is 0. The first-order valence-corrected chi connectivity index (χ1v) is 4.55. The molecule has 0 saturated carbocycles. The minimum absolute atomic E-state index is 0.214. The molecule has 0 spiro atoms. The van der Waals surface area contributed by atoms with Crippen LogP contribution in [0.4, 0.5) is 0 Å². The third kappa shape index (κ3) is 2.18. The molecule has 0 heterocycles. The van der Waals surface area contributed by atoms with Gasteiger partial charge in [0.05, 0.1) is 0 Å². The maximum Gasteiger partial charge on any atom is 0.163 e. The van der Waals surface area contributed by atoms with Crippen LogP contribution >= 0.6 is 0 Å². The Bertz CT molecular complexity index is 293. The molecule has 0 saturated heterocycles. The summed E-state index contributed by atoms with van der Waals surface area (Å²) in [6.07, 6.45) is 1.22. The first kappa shape index (κ1) is 9.97. The zero-order chi connectivity index (χ0) is 9.84. The third-order valence-electron chi connectivity index (χ3n) is 2.16. The average Bonchev–Trinajstić information content (AvgIpc) is 2.04. The van der Waals surface area contributed by atoms with Crippen LogP contribution in [-0.2, 0) is 0 Å². The van der Waals surface area contributed by atoms with Crippen LogP contribution in [0.1, 0.15) is 34.3 Å². The maximum absolute atomic E-state index is 11.6. The lowest BCUT2D eigenvalue weighted by molar-refractivity contribution is 0.0982. The number of ketones is 1. The van der Waals surface area contributed by atoms with Crippen molar-refractivity contribution >= 4 is 5.78 Å². The highest BCUT2D eigenvalue weighted by atomic mass is 16.1. The number of benzene rings is 1. The summed E-state index contributed by atoms with van der Waals surface area (Å²) in [5.41, 5.74) is 3.02. The van der Waals surface area contributed by atoms with E-state index < -0.39 is 0 Å². The van der Waals surface area contributed by atoms with Crippen molar-refractivity contribution in [2.75, 3.05) is 0 Å². The molecule has 1 heteroatoms. The number of hydrogen-bond acceptors (Lipinski definition) is 1. The van der Waals surface area contributed by atoms with Gasteiger partial charge in [-0.1, -0.05) is 25.1 Å². The van der Waals surface area contributed by atoms with Crippen LogP contribution in [0.15, 0.2) is 18.2 Å². The highest BCUT2D eigenvalue weighted by Crippen LogP contribution is 2.15. The highest BCUT2D eigenvalue weighted by molar-refractivity contribution is 5.98. The molecule has 0 fully saturated rings. The lowest BCUT2D eigenvalue weighted by Gasteiger charge is -2.07. The summed E-state index contributed by atoms with van der Waals surface area (Å²) in [5, 5.41) is 0. The van der Waals surface area contributed by atoms with Gasteiger partial charge < -0.3 is 0 Å². The van der Waals surface area contributed by atoms with E-state index >= 15 is 0 Å². The van der Waals surface area contributed by atoms with Gasteiger partial charge in [0.25, 0.3) is 0 Å². The van der Waals surface area contributed by atoms with E-state index in [1.165, 1.54) is 0 Å². The number of carbonyl (C=O) groups excluding carboxylic acids is 1. The summed E-state index contributed by atoms with van der Waals surface area (Å²) in [4.78, 5) is 11.6. The standard InChI is InChI=1S/C12H15O/c1-4-6-11(13)12-9(2)7-5-8-10(12)3/h5,7-8H,1,4,6H2,2-3H3. The smallest absolute Gasteiger partial charge is 0.163 e. The molecule has 1 rings (SSSR count). The lowest BCUT2D eigenvalue weighted by Crippen LogP contribution is -2.03. The molecular formula is C12H15O. The van der Waals surface area contributed by atoms with E-state index in [1.807, 2.05) is 32.0 Å². The predicted octanol–water partition coefficient (Wildman–Crippen LogP) is 3.10. The van der Waals surface area contributed by atoms with Crippen LogP contribution in [0, 0.1) is 20.8 Å². The molecule has 69 valence electrons. The Morgan fingerprint density at radius 3 is 2.31 bits per heavy atom. The largest absolute Gasteiger partial charge is 0.294 e. The summed E-state index contributed by atoms with van der Waals surface area (Å²) in [6.45, 7) is 7.64. The molecule has 0 aliphatic heterocycles. The van der Waals surface area contributed by atoms with Crippen LogP contribution in [-0.4, -0.2) is 5.78 Å². The monoisotopic (exact) mass is 175 g/mol. The molecule has 0 N–H and O–H groups in total. The van der Waals surface area contributed by atoms with Gasteiger partial charge in [-0.3, -0.25) is 4.79 Å². The van der Waals surface area contributed by atoms with E-state index in [1.54, 1.807) is 0 Å². The fourth-order valence-corrected chi connectivity index (χ4v) is 1.54. The molecule has 1 aromatic rings. The Kier molecular flexibility index (Phi) is 3.24. The molecule has 13 heavy (non-hydrogen) atoms. The van der Waals surface area contributed by atoms with Crippen molar-refractivity contribution in [3.63, 3.8) is 0 Å². The molecule has 0 amide bonds. The van der Waals surface area contributed by atoms with Gasteiger partial charge in [-0.05, 0) is 31.4 Å². The fourth-order valence-electron chi connectivity index (χ4n) is 1.54. The Morgan fingerprint density at radius 1 is 1.31 bits per heavy atom. The fraction of sp³-hybridized carbons (Fsp3) is 0.333. The summed E-state index contributed by atoms with van der Waals surface area (Å²) >= 11 is 0. The number of hydrogen-bond donors (Lipinski definition) is 0. The third-order valence-corrected chi connectivity index (χ3v) is 2.16. The number of aryl methyl sites for hydroxylation is 2. The predicted molar refractivity (Wildman–Crippen MR) is 54.8 cm³/mol. The number of rotatable bonds is 3. The van der Waals surface area contributed by atoms with Crippen LogP contribution in [0.2, 0.25) is 0 Å². The number of carbonyl (C=O) groups is 1. The van der Waals surface area contributed by atoms with Crippen molar-refractivity contribution in [3.8, 4) is 0 Å². The topological polar surface area (TPSA) is 17.1 Å². The Hall–Kier alpha value is -1.11. The second-order valence-electron chi connectivity index (χ2n) is 3.29. The molecule has 0 aliphatic rings. The normalized spacial score (nSPS) is 10.1. The van der Waals surface area contributed by atoms with Gasteiger partial charge in [-0.15, -0.1) is 0 Å². The van der Waals surface area contributed by atoms with Gasteiger partial charge in [0.1, 0.15) is 0 Å². The molecule has 0 aliphatic carbocycles. The zero-order valence-electron chi connectivity index (χ0n) is 8.26. The average molecular weight is 175 g/mol. The Balaban J connectivity index is 3.05. The Morgan fingerprint density at radius 2 is 1.85 bits per heavy atom. The first-order chi connectivity index (χ1) is 6.16. The van der Waals surface area contributed by atoms with E-state index in [4.69, 9.17) is 0 Å². The highest BCUT2D eigenvalue weighted by Gasteiger charge is 2.09. The molecule has 1 nitrogen and oxygen atoms in total. The van der Waals surface area contributed by atoms with E-state index in [0.717, 1.165) is 16.7 Å². The second kappa shape index (κ2) is 4.22. The van der Waals surface area contributed by atoms with Crippen molar-refractivity contribution < 1.29 is 4.79 Å². The van der Waals surface area contributed by atoms with Gasteiger partial charge >= 0.3 is 0 Å². The van der Waals surface area contributed by atoms with Gasteiger partial charge in [-0.25, -0.2) is 0 Å². The van der Waals surface area contributed by atoms with E-state index in [0.29, 0.717) is 12.8 Å². The van der Waals surface area contributed by atoms with Crippen molar-refractivity contribution in [2.45, 2.75) is 26.7 Å². The quantitative estimate of drug-likeness (QED) is 0.645. The van der Waals surface area contributed by atoms with Gasteiger partial charge in [0, 0.05) is 12.0 Å². The SMILES string of the molecule is [CH2]CCC(=O)c1c(C)cccc1C. The van der Waals surface area contributed by atoms with Gasteiger partial charge in [0.2, 0.25) is 0 Å². The molecule has 0 aromatic heterocycles. The second-order valence-corrected chi connectivity index (χ2v) is 3.29. The van der Waals surface area contributed by atoms with Crippen molar-refractivity contribution in [3.05, 3.63) is 41.8 Å². The zero-order valence-corrected chi connectivity index (χ0v) is 8.26. The minimum Gasteiger partial charge on any atom is -0.294 e. The van der Waals surface area contributed by atoms with Crippen LogP contribution in [0.25, 0.3) is 0 Å². The van der Waals surface area contributed by atoms with Crippen molar-refractivity contribution in [1.29, 1.82) is 0 Å². The first-order valence-electron chi connectivity index (χ1n) is 4.55. The molecule has 0 unspecified atom stereocenters. The maximum atomic E-state index is 11.6. The molecule has 1 radical (unpaired) electrons. The minimum atomic E-state index is 0.214. The summed E-state index contributed by atoms with van der Waals surface area (Å²) in [6, 6.07) is 5.93. The van der Waals surface area contributed by atoms with Crippen molar-refractivity contribution in [1.82, 2.24) is 0 Å².